The third-order valence-electron chi connectivity index (χ3n) is 9.18. The van der Waals surface area contributed by atoms with Crippen molar-refractivity contribution in [1.29, 1.82) is 0 Å². The molecule has 2 saturated carbocycles. The maximum absolute atomic E-state index is 12.9. The second-order valence-corrected chi connectivity index (χ2v) is 10.2. The van der Waals surface area contributed by atoms with Crippen molar-refractivity contribution in [3.8, 4) is 0 Å². The molecule has 1 saturated heterocycles. The molecule has 6 atom stereocenters. The minimum Gasteiger partial charge on any atom is -0.469 e. The lowest BCUT2D eigenvalue weighted by molar-refractivity contribution is -0.162. The normalized spacial score (nSPS) is 45.7. The lowest BCUT2D eigenvalue weighted by atomic mass is 9.49. The number of allylic oxidation sites excluding steroid dienone is 3. The highest BCUT2D eigenvalue weighted by Gasteiger charge is 2.66. The van der Waals surface area contributed by atoms with E-state index < -0.39 is 5.60 Å². The zero-order chi connectivity index (χ0) is 20.6. The van der Waals surface area contributed by atoms with E-state index in [1.807, 2.05) is 0 Å². The Bertz CT molecular complexity index is 868. The third kappa shape index (κ3) is 2.36. The predicted octanol–water partition coefficient (Wildman–Crippen LogP) is 3.91. The summed E-state index contributed by atoms with van der Waals surface area (Å²) in [5, 5.41) is 0. The fourth-order valence-electron chi connectivity index (χ4n) is 7.45. The van der Waals surface area contributed by atoms with Crippen LogP contribution in [0.5, 0.6) is 0 Å². The highest BCUT2D eigenvalue weighted by molar-refractivity contribution is 5.85. The van der Waals surface area contributed by atoms with Crippen LogP contribution in [0.4, 0.5) is 0 Å². The molecule has 1 spiro atoms. The number of fused-ring (bicyclic) bond motifs is 6. The fourth-order valence-corrected chi connectivity index (χ4v) is 7.45. The molecule has 0 aromatic rings. The van der Waals surface area contributed by atoms with E-state index in [0.717, 1.165) is 37.7 Å². The van der Waals surface area contributed by atoms with Gasteiger partial charge in [-0.1, -0.05) is 37.1 Å². The number of hydrogen-bond donors (Lipinski definition) is 0. The first-order chi connectivity index (χ1) is 13.7. The molecule has 0 radical (unpaired) electrons. The average Bonchev–Trinajstić information content (AvgIpc) is 3.22. The first kappa shape index (κ1) is 19.1. The number of carbonyl (C=O) groups excluding carboxylic acids is 3. The molecule has 156 valence electrons. The Morgan fingerprint density at radius 3 is 2.66 bits per heavy atom. The summed E-state index contributed by atoms with van der Waals surface area (Å²) in [6, 6.07) is 0. The van der Waals surface area contributed by atoms with Crippen LogP contribution in [0.3, 0.4) is 0 Å². The first-order valence-corrected chi connectivity index (χ1v) is 11.0. The molecule has 0 bridgehead atoms. The molecule has 5 rings (SSSR count). The lowest BCUT2D eigenvalue weighted by Crippen LogP contribution is -2.53. The van der Waals surface area contributed by atoms with Crippen LogP contribution < -0.4 is 0 Å². The summed E-state index contributed by atoms with van der Waals surface area (Å²) in [5.41, 5.74) is 1.71. The monoisotopic (exact) mass is 398 g/mol. The molecule has 0 aromatic carbocycles. The maximum Gasteiger partial charge on any atom is 0.313 e. The molecule has 5 nitrogen and oxygen atoms in total. The number of methoxy groups -OCH3 is 1. The summed E-state index contributed by atoms with van der Waals surface area (Å²) in [6.07, 6.45) is 10.2. The van der Waals surface area contributed by atoms with E-state index in [9.17, 15) is 14.4 Å². The topological polar surface area (TPSA) is 69.7 Å². The van der Waals surface area contributed by atoms with E-state index in [4.69, 9.17) is 9.47 Å². The van der Waals surface area contributed by atoms with E-state index in [1.165, 1.54) is 12.7 Å². The van der Waals surface area contributed by atoms with Crippen LogP contribution in [0, 0.1) is 28.6 Å². The van der Waals surface area contributed by atoms with Gasteiger partial charge in [0.1, 0.15) is 11.4 Å². The zero-order valence-corrected chi connectivity index (χ0v) is 17.6. The molecule has 0 amide bonds. The van der Waals surface area contributed by atoms with Gasteiger partial charge in [-0.2, -0.15) is 0 Å². The number of ketones is 1. The molecule has 0 N–H and O–H groups in total. The summed E-state index contributed by atoms with van der Waals surface area (Å²) in [7, 11) is 1.45. The third-order valence-corrected chi connectivity index (χ3v) is 9.18. The number of rotatable bonds is 1. The van der Waals surface area contributed by atoms with Gasteiger partial charge in [0.25, 0.3) is 0 Å². The largest absolute Gasteiger partial charge is 0.469 e. The van der Waals surface area contributed by atoms with Crippen molar-refractivity contribution < 1.29 is 23.9 Å². The van der Waals surface area contributed by atoms with Crippen LogP contribution >= 0.6 is 0 Å². The van der Waals surface area contributed by atoms with Gasteiger partial charge in [0, 0.05) is 36.0 Å². The SMILES string of the molecule is COC(=O)[C@@H]1C=C2CC(=O)CC[C@]2(C)C2=CC[C@@]3(C)C(CCC34CCC(=O)O4)[C@@H]21. The van der Waals surface area contributed by atoms with E-state index in [2.05, 4.69) is 26.0 Å². The van der Waals surface area contributed by atoms with Crippen LogP contribution in [-0.2, 0) is 23.9 Å². The minimum atomic E-state index is -0.398. The molecule has 3 fully saturated rings. The summed E-state index contributed by atoms with van der Waals surface area (Å²) >= 11 is 0. The number of hydrogen-bond acceptors (Lipinski definition) is 5. The Balaban J connectivity index is 1.63. The van der Waals surface area contributed by atoms with Gasteiger partial charge in [0.2, 0.25) is 0 Å². The van der Waals surface area contributed by atoms with Crippen LogP contribution in [0.1, 0.15) is 65.2 Å². The highest BCUT2D eigenvalue weighted by Crippen LogP contribution is 2.68. The number of carbonyl (C=O) groups is 3. The molecule has 29 heavy (non-hydrogen) atoms. The zero-order valence-electron chi connectivity index (χ0n) is 17.6. The van der Waals surface area contributed by atoms with Crippen LogP contribution in [0.15, 0.2) is 23.3 Å². The van der Waals surface area contributed by atoms with Crippen LogP contribution in [0.25, 0.3) is 0 Å². The van der Waals surface area contributed by atoms with Crippen LogP contribution in [-0.4, -0.2) is 30.4 Å². The number of Topliss-reactive ketones (excluding diaryl/α,β-unsaturated/α-hetero) is 1. The van der Waals surface area contributed by atoms with E-state index in [0.29, 0.717) is 19.3 Å². The minimum absolute atomic E-state index is 0.0572. The van der Waals surface area contributed by atoms with Gasteiger partial charge in [-0.05, 0) is 38.0 Å². The Kier molecular flexibility index (Phi) is 3.98. The van der Waals surface area contributed by atoms with Gasteiger partial charge in [-0.25, -0.2) is 0 Å². The first-order valence-electron chi connectivity index (χ1n) is 11.0. The second-order valence-electron chi connectivity index (χ2n) is 10.2. The number of ether oxygens (including phenoxy) is 2. The van der Waals surface area contributed by atoms with Gasteiger partial charge in [0.05, 0.1) is 13.0 Å². The molecular weight excluding hydrogens is 368 g/mol. The summed E-state index contributed by atoms with van der Waals surface area (Å²) in [5.74, 6) is -0.0877. The Hall–Kier alpha value is -1.91. The van der Waals surface area contributed by atoms with Gasteiger partial charge in [-0.3, -0.25) is 14.4 Å². The smallest absolute Gasteiger partial charge is 0.313 e. The molecule has 5 heteroatoms. The maximum atomic E-state index is 12.9. The number of esters is 2. The van der Waals surface area contributed by atoms with Gasteiger partial charge < -0.3 is 9.47 Å². The molecule has 1 heterocycles. The van der Waals surface area contributed by atoms with Crippen molar-refractivity contribution >= 4 is 17.7 Å². The van der Waals surface area contributed by atoms with Crippen LogP contribution in [0.2, 0.25) is 0 Å². The fraction of sp³-hybridized carbons (Fsp3) is 0.708. The van der Waals surface area contributed by atoms with Crippen molar-refractivity contribution in [2.24, 2.45) is 28.6 Å². The van der Waals surface area contributed by atoms with E-state index in [-0.39, 0.29) is 46.3 Å². The molecule has 0 aromatic heterocycles. The van der Waals surface area contributed by atoms with Gasteiger partial charge in [-0.15, -0.1) is 0 Å². The lowest BCUT2D eigenvalue weighted by Gasteiger charge is -2.55. The predicted molar refractivity (Wildman–Crippen MR) is 106 cm³/mol. The van der Waals surface area contributed by atoms with E-state index >= 15 is 0 Å². The molecule has 5 aliphatic rings. The Morgan fingerprint density at radius 2 is 1.97 bits per heavy atom. The van der Waals surface area contributed by atoms with Crippen molar-refractivity contribution in [2.45, 2.75) is 70.8 Å². The van der Waals surface area contributed by atoms with Crippen molar-refractivity contribution in [1.82, 2.24) is 0 Å². The van der Waals surface area contributed by atoms with Gasteiger partial charge >= 0.3 is 11.9 Å². The van der Waals surface area contributed by atoms with Crippen molar-refractivity contribution in [3.63, 3.8) is 0 Å². The quantitative estimate of drug-likeness (QED) is 0.495. The summed E-state index contributed by atoms with van der Waals surface area (Å²) < 4.78 is 11.2. The highest BCUT2D eigenvalue weighted by atomic mass is 16.6. The standard InChI is InChI=1S/C24H30O5/c1-22-8-4-15(25)12-14(22)13-16(21(27)28-3)20-17(22)5-9-23(2)18(20)6-10-24(23)11-7-19(26)29-24/h5,13,16,18,20H,4,6-12H2,1-3H3/t16-,18?,20-,22+,23+,24?/m1/s1. The Labute approximate surface area is 171 Å². The molecule has 1 aliphatic heterocycles. The van der Waals surface area contributed by atoms with Crippen molar-refractivity contribution in [2.75, 3.05) is 7.11 Å². The average molecular weight is 398 g/mol. The Morgan fingerprint density at radius 1 is 1.17 bits per heavy atom. The molecular formula is C24H30O5. The molecule has 4 aliphatic carbocycles. The van der Waals surface area contributed by atoms with Crippen molar-refractivity contribution in [3.05, 3.63) is 23.3 Å². The second kappa shape index (κ2) is 6.05. The summed E-state index contributed by atoms with van der Waals surface area (Å²) in [6.45, 7) is 4.51. The molecule has 2 unspecified atom stereocenters. The van der Waals surface area contributed by atoms with Gasteiger partial charge in [0.15, 0.2) is 0 Å². The van der Waals surface area contributed by atoms with E-state index in [1.54, 1.807) is 0 Å². The summed E-state index contributed by atoms with van der Waals surface area (Å²) in [4.78, 5) is 37.1.